The first-order valence-electron chi connectivity index (χ1n) is 8.45. The van der Waals surface area contributed by atoms with Crippen molar-refractivity contribution in [1.82, 2.24) is 9.46 Å². The molecule has 1 atom stereocenters. The van der Waals surface area contributed by atoms with Crippen molar-refractivity contribution in [3.05, 3.63) is 36.6 Å². The third kappa shape index (κ3) is 4.85. The zero-order valence-electron chi connectivity index (χ0n) is 14.8. The Hall–Kier alpha value is -2.43. The Bertz CT molecular complexity index is 845. The van der Waals surface area contributed by atoms with Gasteiger partial charge in [-0.3, -0.25) is 4.79 Å². The topological polar surface area (TPSA) is 111 Å². The van der Waals surface area contributed by atoms with Crippen molar-refractivity contribution in [2.24, 2.45) is 0 Å². The molecule has 10 heteroatoms. The van der Waals surface area contributed by atoms with Gasteiger partial charge in [-0.15, -0.1) is 0 Å². The molecule has 1 saturated heterocycles. The van der Waals surface area contributed by atoms with Gasteiger partial charge in [0.15, 0.2) is 5.82 Å². The number of ether oxygens (including phenoxy) is 2. The first-order valence-corrected chi connectivity index (χ1v) is 9.89. The van der Waals surface area contributed by atoms with E-state index in [4.69, 9.17) is 9.47 Å². The fraction of sp³-hybridized carbons (Fsp3) is 0.412. The van der Waals surface area contributed by atoms with Crippen LogP contribution in [-0.4, -0.2) is 56.7 Å². The quantitative estimate of drug-likeness (QED) is 0.721. The van der Waals surface area contributed by atoms with Gasteiger partial charge in [-0.25, -0.2) is 8.42 Å². The molecule has 27 heavy (non-hydrogen) atoms. The summed E-state index contributed by atoms with van der Waals surface area (Å²) in [6.45, 7) is 0.327. The average Bonchev–Trinajstić information content (AvgIpc) is 3.35. The van der Waals surface area contributed by atoms with Crippen molar-refractivity contribution < 1.29 is 27.2 Å². The van der Waals surface area contributed by atoms with Gasteiger partial charge in [0.25, 0.3) is 0 Å². The fourth-order valence-corrected chi connectivity index (χ4v) is 4.21. The number of nitrogens with zero attached hydrogens (tertiary/aromatic N) is 2. The van der Waals surface area contributed by atoms with Crippen LogP contribution in [0.4, 0.5) is 5.82 Å². The average molecular weight is 395 g/mol. The van der Waals surface area contributed by atoms with Crippen LogP contribution in [0.1, 0.15) is 12.8 Å². The van der Waals surface area contributed by atoms with Crippen molar-refractivity contribution in [2.45, 2.75) is 23.8 Å². The predicted octanol–water partition coefficient (Wildman–Crippen LogP) is 1.49. The highest BCUT2D eigenvalue weighted by molar-refractivity contribution is 7.89. The molecule has 1 fully saturated rings. The minimum atomic E-state index is -3.89. The summed E-state index contributed by atoms with van der Waals surface area (Å²) in [5.41, 5.74) is 0. The van der Waals surface area contributed by atoms with Gasteiger partial charge in [-0.2, -0.15) is 4.31 Å². The monoisotopic (exact) mass is 395 g/mol. The number of benzene rings is 1. The summed E-state index contributed by atoms with van der Waals surface area (Å²) < 4.78 is 42.5. The van der Waals surface area contributed by atoms with Crippen molar-refractivity contribution in [3.63, 3.8) is 0 Å². The molecule has 146 valence electrons. The van der Waals surface area contributed by atoms with Crippen LogP contribution in [0, 0.1) is 0 Å². The Balaban J connectivity index is 1.79. The second-order valence-electron chi connectivity index (χ2n) is 6.04. The van der Waals surface area contributed by atoms with E-state index in [0.29, 0.717) is 12.4 Å². The summed E-state index contributed by atoms with van der Waals surface area (Å²) in [4.78, 5) is 12.4. The van der Waals surface area contributed by atoms with Crippen molar-refractivity contribution in [2.75, 3.05) is 32.1 Å². The molecule has 1 aromatic heterocycles. The third-order valence-electron chi connectivity index (χ3n) is 4.15. The molecule has 1 aromatic carbocycles. The first kappa shape index (κ1) is 19.3. The van der Waals surface area contributed by atoms with Crippen LogP contribution in [0.5, 0.6) is 5.75 Å². The molecular formula is C17H21N3O6S. The maximum Gasteiger partial charge on any atom is 0.243 e. The Morgan fingerprint density at radius 1 is 1.33 bits per heavy atom. The van der Waals surface area contributed by atoms with Gasteiger partial charge in [-0.1, -0.05) is 5.16 Å². The van der Waals surface area contributed by atoms with E-state index in [9.17, 15) is 13.2 Å². The summed E-state index contributed by atoms with van der Waals surface area (Å²) >= 11 is 0. The summed E-state index contributed by atoms with van der Waals surface area (Å²) in [6, 6.07) is 7.50. The number of hydrogen-bond acceptors (Lipinski definition) is 7. The van der Waals surface area contributed by atoms with Crippen LogP contribution in [0.15, 0.2) is 46.0 Å². The number of nitrogens with one attached hydrogen (secondary N) is 1. The van der Waals surface area contributed by atoms with Gasteiger partial charge in [0, 0.05) is 19.2 Å². The molecule has 0 spiro atoms. The van der Waals surface area contributed by atoms with Gasteiger partial charge in [0.1, 0.15) is 12.0 Å². The number of methoxy groups -OCH3 is 1. The maximum absolute atomic E-state index is 13.1. The number of carbonyl (C=O) groups excluding carboxylic acids is 1. The third-order valence-corrected chi connectivity index (χ3v) is 5.98. The van der Waals surface area contributed by atoms with Crippen molar-refractivity contribution in [1.29, 1.82) is 0 Å². The molecule has 1 aliphatic heterocycles. The van der Waals surface area contributed by atoms with Crippen LogP contribution in [0.3, 0.4) is 0 Å². The minimum Gasteiger partial charge on any atom is -0.497 e. The lowest BCUT2D eigenvalue weighted by Crippen LogP contribution is -2.42. The molecule has 2 heterocycles. The first-order chi connectivity index (χ1) is 13.0. The zero-order valence-corrected chi connectivity index (χ0v) is 15.6. The molecule has 0 radical (unpaired) electrons. The van der Waals surface area contributed by atoms with Gasteiger partial charge in [-0.05, 0) is 37.1 Å². The van der Waals surface area contributed by atoms with Crippen LogP contribution in [0.25, 0.3) is 0 Å². The lowest BCUT2D eigenvalue weighted by atomic mass is 10.2. The smallest absolute Gasteiger partial charge is 0.243 e. The molecule has 1 N–H and O–H groups in total. The second-order valence-corrected chi connectivity index (χ2v) is 7.98. The number of carbonyl (C=O) groups is 1. The van der Waals surface area contributed by atoms with Gasteiger partial charge < -0.3 is 19.3 Å². The summed E-state index contributed by atoms with van der Waals surface area (Å²) in [7, 11) is -2.39. The Kier molecular flexibility index (Phi) is 6.09. The fourth-order valence-electron chi connectivity index (χ4n) is 2.78. The highest BCUT2D eigenvalue weighted by Crippen LogP contribution is 2.22. The predicted molar refractivity (Wildman–Crippen MR) is 95.9 cm³/mol. The molecule has 1 amide bonds. The minimum absolute atomic E-state index is 0.0792. The van der Waals surface area contributed by atoms with Crippen LogP contribution >= 0.6 is 0 Å². The summed E-state index contributed by atoms with van der Waals surface area (Å²) in [5.74, 6) is 0.251. The van der Waals surface area contributed by atoms with E-state index in [1.807, 2.05) is 0 Å². The van der Waals surface area contributed by atoms with E-state index >= 15 is 0 Å². The molecule has 0 saturated carbocycles. The highest BCUT2D eigenvalue weighted by atomic mass is 32.2. The van der Waals surface area contributed by atoms with E-state index in [2.05, 4.69) is 15.0 Å². The van der Waals surface area contributed by atoms with E-state index in [1.165, 1.54) is 31.6 Å². The second kappa shape index (κ2) is 8.51. The number of amides is 1. The number of sulfonamides is 1. The van der Waals surface area contributed by atoms with Gasteiger partial charge >= 0.3 is 0 Å². The normalized spacial score (nSPS) is 17.2. The highest BCUT2D eigenvalue weighted by Gasteiger charge is 2.31. The van der Waals surface area contributed by atoms with Crippen LogP contribution < -0.4 is 10.1 Å². The van der Waals surface area contributed by atoms with Crippen molar-refractivity contribution in [3.8, 4) is 5.75 Å². The zero-order chi connectivity index (χ0) is 19.3. The van der Waals surface area contributed by atoms with Crippen LogP contribution in [0.2, 0.25) is 0 Å². The molecule has 1 aliphatic rings. The Morgan fingerprint density at radius 2 is 2.11 bits per heavy atom. The molecule has 0 aliphatic carbocycles. The molecule has 2 aromatic rings. The number of rotatable bonds is 8. The van der Waals surface area contributed by atoms with Crippen molar-refractivity contribution >= 4 is 21.7 Å². The SMILES string of the molecule is COc1ccc(S(=O)(=O)N(CC(=O)Nc2ccon2)CC2CCCO2)cc1. The van der Waals surface area contributed by atoms with E-state index in [1.54, 1.807) is 12.1 Å². The summed E-state index contributed by atoms with van der Waals surface area (Å²) in [5, 5.41) is 6.10. The maximum atomic E-state index is 13.1. The summed E-state index contributed by atoms with van der Waals surface area (Å²) in [6.07, 6.45) is 2.69. The van der Waals surface area contributed by atoms with E-state index < -0.39 is 15.9 Å². The Labute approximate surface area is 157 Å². The molecular weight excluding hydrogens is 374 g/mol. The lowest BCUT2D eigenvalue weighted by Gasteiger charge is -2.24. The van der Waals surface area contributed by atoms with E-state index in [0.717, 1.165) is 17.1 Å². The molecule has 3 rings (SSSR count). The molecule has 9 nitrogen and oxygen atoms in total. The standard InChI is InChI=1S/C17H21N3O6S/c1-24-13-4-6-15(7-5-13)27(22,23)20(11-14-3-2-9-25-14)12-17(21)18-16-8-10-26-19-16/h4-8,10,14H,2-3,9,11-12H2,1H3,(H,18,19,21). The number of aromatic nitrogens is 1. The lowest BCUT2D eigenvalue weighted by molar-refractivity contribution is -0.116. The van der Waals surface area contributed by atoms with Gasteiger partial charge in [0.2, 0.25) is 15.9 Å². The Morgan fingerprint density at radius 3 is 2.70 bits per heavy atom. The number of hydrogen-bond donors (Lipinski definition) is 1. The molecule has 0 bridgehead atoms. The van der Waals surface area contributed by atoms with Gasteiger partial charge in [0.05, 0.1) is 24.7 Å². The van der Waals surface area contributed by atoms with Crippen LogP contribution in [-0.2, 0) is 19.6 Å². The van der Waals surface area contributed by atoms with E-state index in [-0.39, 0.29) is 29.9 Å². The largest absolute Gasteiger partial charge is 0.497 e. The molecule has 1 unspecified atom stereocenters. The number of anilines is 1.